The molecule has 0 atom stereocenters. The molecule has 4 rings (SSSR count). The third-order valence-corrected chi connectivity index (χ3v) is 3.58. The second-order valence-corrected chi connectivity index (χ2v) is 5.41. The van der Waals surface area contributed by atoms with Gasteiger partial charge in [-0.15, -0.1) is 10.2 Å². The summed E-state index contributed by atoms with van der Waals surface area (Å²) in [5.74, 6) is 0.128. The highest BCUT2D eigenvalue weighted by Gasteiger charge is 2.35. The second-order valence-electron chi connectivity index (χ2n) is 5.41. The van der Waals surface area contributed by atoms with Gasteiger partial charge in [-0.05, 0) is 31.2 Å². The predicted molar refractivity (Wildman–Crippen MR) is 87.3 cm³/mol. The molecule has 2 heterocycles. The average Bonchev–Trinajstić information content (AvgIpc) is 2.91. The van der Waals surface area contributed by atoms with E-state index in [0.717, 1.165) is 0 Å². The van der Waals surface area contributed by atoms with Gasteiger partial charge in [-0.3, -0.25) is 10.2 Å². The Morgan fingerprint density at radius 1 is 0.920 bits per heavy atom. The zero-order chi connectivity index (χ0) is 17.4. The Labute approximate surface area is 142 Å². The van der Waals surface area contributed by atoms with Crippen molar-refractivity contribution in [1.29, 1.82) is 0 Å². The molecule has 126 valence electrons. The number of hydrogen-bond acceptors (Lipinski definition) is 7. The Hall–Kier alpha value is -3.23. The minimum Gasteiger partial charge on any atom is -0.404 e. The first-order valence-corrected chi connectivity index (χ1v) is 7.52. The summed E-state index contributed by atoms with van der Waals surface area (Å²) in [5, 5.41) is 33.0. The van der Waals surface area contributed by atoms with Gasteiger partial charge in [0.05, 0.1) is 11.4 Å². The van der Waals surface area contributed by atoms with Crippen LogP contribution in [0.4, 0.5) is 11.4 Å². The van der Waals surface area contributed by atoms with Crippen molar-refractivity contribution in [2.24, 2.45) is 10.2 Å². The molecule has 1 aromatic heterocycles. The highest BCUT2D eigenvalue weighted by molar-refractivity contribution is 5.57. The summed E-state index contributed by atoms with van der Waals surface area (Å²) in [6.45, 7) is 1.72. The zero-order valence-electron chi connectivity index (χ0n) is 13.2. The van der Waals surface area contributed by atoms with E-state index < -0.39 is 6.16 Å². The van der Waals surface area contributed by atoms with E-state index in [2.05, 4.69) is 15.3 Å². The number of azo groups is 1. The molecule has 0 spiro atoms. The summed E-state index contributed by atoms with van der Waals surface area (Å²) < 4.78 is 11.9. The third-order valence-electron chi connectivity index (χ3n) is 3.58. The van der Waals surface area contributed by atoms with Gasteiger partial charge in [-0.25, -0.2) is 0 Å². The van der Waals surface area contributed by atoms with E-state index in [9.17, 15) is 10.2 Å². The van der Waals surface area contributed by atoms with Crippen molar-refractivity contribution in [2.45, 2.75) is 13.1 Å². The van der Waals surface area contributed by atoms with Crippen LogP contribution in [-0.2, 0) is 0 Å². The highest BCUT2D eigenvalue weighted by atomic mass is 16.9. The van der Waals surface area contributed by atoms with Crippen molar-refractivity contribution in [3.8, 4) is 17.3 Å². The summed E-state index contributed by atoms with van der Waals surface area (Å²) in [4.78, 5) is 0. The van der Waals surface area contributed by atoms with Crippen LogP contribution in [0.2, 0.25) is 0 Å². The molecular formula is C17H14N4O4. The Kier molecular flexibility index (Phi) is 3.48. The zero-order valence-corrected chi connectivity index (χ0v) is 13.2. The average molecular weight is 338 g/mol. The summed E-state index contributed by atoms with van der Waals surface area (Å²) in [6, 6.07) is 15.7. The molecular weight excluding hydrogens is 324 g/mol. The fraction of sp³-hybridized carbons (Fsp3) is 0.118. The third kappa shape index (κ3) is 2.84. The molecule has 8 nitrogen and oxygen atoms in total. The van der Waals surface area contributed by atoms with Crippen LogP contribution in [0, 0.1) is 6.92 Å². The number of aromatic nitrogens is 2. The molecule has 1 aliphatic heterocycles. The van der Waals surface area contributed by atoms with Gasteiger partial charge in [0, 0.05) is 0 Å². The van der Waals surface area contributed by atoms with E-state index in [4.69, 9.17) is 9.47 Å². The normalized spacial score (nSPS) is 15.0. The molecule has 25 heavy (non-hydrogen) atoms. The molecule has 8 heteroatoms. The number of benzene rings is 2. The van der Waals surface area contributed by atoms with E-state index in [-0.39, 0.29) is 17.3 Å². The number of para-hydroxylation sites is 2. The number of aliphatic hydroxyl groups is 2. The summed E-state index contributed by atoms with van der Waals surface area (Å²) in [5.41, 5.74) is 1.78. The highest BCUT2D eigenvalue weighted by Crippen LogP contribution is 2.40. The lowest BCUT2D eigenvalue weighted by Crippen LogP contribution is -2.42. The van der Waals surface area contributed by atoms with Gasteiger partial charge < -0.3 is 9.47 Å². The Balaban J connectivity index is 1.91. The maximum atomic E-state index is 10.2. The van der Waals surface area contributed by atoms with Crippen LogP contribution in [0.1, 0.15) is 5.69 Å². The number of aryl methyl sites for hydroxylation is 1. The first-order chi connectivity index (χ1) is 12.0. The molecule has 0 amide bonds. The van der Waals surface area contributed by atoms with Crippen LogP contribution in [0.15, 0.2) is 64.8 Å². The van der Waals surface area contributed by atoms with Gasteiger partial charge in [-0.1, -0.05) is 30.3 Å². The van der Waals surface area contributed by atoms with Crippen LogP contribution < -0.4 is 9.47 Å². The van der Waals surface area contributed by atoms with Gasteiger partial charge in [0.25, 0.3) is 5.88 Å². The quantitative estimate of drug-likeness (QED) is 0.664. The van der Waals surface area contributed by atoms with Crippen LogP contribution >= 0.6 is 0 Å². The van der Waals surface area contributed by atoms with Crippen LogP contribution in [0.25, 0.3) is 5.69 Å². The van der Waals surface area contributed by atoms with Gasteiger partial charge in [0.1, 0.15) is 5.69 Å². The van der Waals surface area contributed by atoms with Gasteiger partial charge in [0.2, 0.25) is 0 Å². The second kappa shape index (κ2) is 5.69. The Bertz CT molecular complexity index is 951. The molecule has 2 N–H and O–H groups in total. The minimum absolute atomic E-state index is 0.00487. The van der Waals surface area contributed by atoms with E-state index in [0.29, 0.717) is 17.1 Å². The van der Waals surface area contributed by atoms with Crippen molar-refractivity contribution in [2.75, 3.05) is 0 Å². The fourth-order valence-corrected chi connectivity index (χ4v) is 2.47. The molecule has 0 saturated heterocycles. The monoisotopic (exact) mass is 338 g/mol. The van der Waals surface area contributed by atoms with E-state index in [1.807, 2.05) is 18.2 Å². The number of rotatable bonds is 1. The van der Waals surface area contributed by atoms with Crippen molar-refractivity contribution in [3.05, 3.63) is 60.3 Å². The van der Waals surface area contributed by atoms with Crippen molar-refractivity contribution in [1.82, 2.24) is 9.78 Å². The standard InChI is InChI=1S/C17H14N4O4/c1-11-15-16(21(20-11)12-7-3-2-4-8-12)25-17(22,23)24-14-10-6-5-9-13(14)18-19-15/h2-10,22-23H,1H3. The van der Waals surface area contributed by atoms with Crippen molar-refractivity contribution < 1.29 is 19.7 Å². The van der Waals surface area contributed by atoms with Gasteiger partial charge >= 0.3 is 6.16 Å². The van der Waals surface area contributed by atoms with Gasteiger partial charge in [-0.2, -0.15) is 9.78 Å². The fourth-order valence-electron chi connectivity index (χ4n) is 2.47. The number of ether oxygens (including phenoxy) is 2. The summed E-state index contributed by atoms with van der Waals surface area (Å²) in [7, 11) is 0. The van der Waals surface area contributed by atoms with E-state index >= 15 is 0 Å². The maximum absolute atomic E-state index is 10.2. The largest absolute Gasteiger partial charge is 0.506 e. The number of nitrogens with zero attached hydrogens (tertiary/aromatic N) is 4. The Morgan fingerprint density at radius 2 is 1.64 bits per heavy atom. The molecule has 0 unspecified atom stereocenters. The number of fused-ring (bicyclic) bond motifs is 2. The van der Waals surface area contributed by atoms with E-state index in [1.165, 1.54) is 10.7 Å². The van der Waals surface area contributed by atoms with Gasteiger partial charge in [0.15, 0.2) is 11.4 Å². The minimum atomic E-state index is -2.92. The molecule has 3 aromatic rings. The lowest BCUT2D eigenvalue weighted by Gasteiger charge is -2.22. The molecule has 0 aliphatic carbocycles. The van der Waals surface area contributed by atoms with E-state index in [1.54, 1.807) is 37.3 Å². The smallest absolute Gasteiger partial charge is 0.404 e. The lowest BCUT2D eigenvalue weighted by molar-refractivity contribution is -0.403. The Morgan fingerprint density at radius 3 is 2.44 bits per heavy atom. The maximum Gasteiger partial charge on any atom is 0.506 e. The van der Waals surface area contributed by atoms with Crippen LogP contribution in [-0.4, -0.2) is 26.2 Å². The molecule has 0 saturated carbocycles. The van der Waals surface area contributed by atoms with Crippen LogP contribution in [0.3, 0.4) is 0 Å². The summed E-state index contributed by atoms with van der Waals surface area (Å²) >= 11 is 0. The number of hydrogen-bond donors (Lipinski definition) is 2. The SMILES string of the molecule is Cc1nn(-c2ccccc2)c2c1N=Nc1ccccc1OC(O)(O)O2. The molecule has 2 aromatic carbocycles. The first-order valence-electron chi connectivity index (χ1n) is 7.52. The van der Waals surface area contributed by atoms with Crippen molar-refractivity contribution >= 4 is 11.4 Å². The van der Waals surface area contributed by atoms with Crippen molar-refractivity contribution in [3.63, 3.8) is 0 Å². The summed E-state index contributed by atoms with van der Waals surface area (Å²) in [6.07, 6.45) is -2.92. The topological polar surface area (TPSA) is 101 Å². The predicted octanol–water partition coefficient (Wildman–Crippen LogP) is 2.96. The molecule has 0 bridgehead atoms. The molecule has 0 radical (unpaired) electrons. The lowest BCUT2D eigenvalue weighted by atomic mass is 10.3. The molecule has 1 aliphatic rings. The van der Waals surface area contributed by atoms with Crippen LogP contribution in [0.5, 0.6) is 11.6 Å². The first kappa shape index (κ1) is 15.3. The molecule has 0 fully saturated rings.